The summed E-state index contributed by atoms with van der Waals surface area (Å²) in [5.74, 6) is -0.476. The van der Waals surface area contributed by atoms with E-state index < -0.39 is 15.8 Å². The first-order chi connectivity index (χ1) is 10.8. The molecule has 1 aromatic carbocycles. The molecule has 1 saturated heterocycles. The molecule has 0 bridgehead atoms. The standard InChI is InChI=1S/C15H22FN3O3S/c1-12(2)17-15(20)18-8-3-9-19(11-10-18)23(21,22)14-6-4-13(16)5-7-14/h4-7,12H,3,8-11H2,1-2H3,(H,17,20). The zero-order valence-electron chi connectivity index (χ0n) is 13.3. The van der Waals surface area contributed by atoms with Crippen LogP contribution < -0.4 is 5.32 Å². The maximum atomic E-state index is 13.0. The lowest BCUT2D eigenvalue weighted by atomic mass is 10.4. The van der Waals surface area contributed by atoms with E-state index >= 15 is 0 Å². The highest BCUT2D eigenvalue weighted by Crippen LogP contribution is 2.18. The molecular weight excluding hydrogens is 321 g/mol. The molecule has 128 valence electrons. The normalized spacial score (nSPS) is 17.1. The maximum Gasteiger partial charge on any atom is 0.317 e. The molecule has 23 heavy (non-hydrogen) atoms. The van der Waals surface area contributed by atoms with Crippen LogP contribution in [-0.4, -0.2) is 55.9 Å². The third kappa shape index (κ3) is 4.42. The summed E-state index contributed by atoms with van der Waals surface area (Å²) in [6.07, 6.45) is 0.561. The molecule has 6 nitrogen and oxygen atoms in total. The number of carbonyl (C=O) groups excluding carboxylic acids is 1. The summed E-state index contributed by atoms with van der Waals surface area (Å²) in [6, 6.07) is 4.64. The van der Waals surface area contributed by atoms with E-state index in [1.165, 1.54) is 16.4 Å². The second-order valence-electron chi connectivity index (χ2n) is 5.80. The number of benzene rings is 1. The molecule has 2 amide bonds. The Morgan fingerprint density at radius 2 is 1.78 bits per heavy atom. The van der Waals surface area contributed by atoms with Crippen LogP contribution in [0.4, 0.5) is 9.18 Å². The Kier molecular flexibility index (Phi) is 5.59. The van der Waals surface area contributed by atoms with Crippen molar-refractivity contribution in [1.29, 1.82) is 0 Å². The van der Waals surface area contributed by atoms with Crippen LogP contribution >= 0.6 is 0 Å². The second kappa shape index (κ2) is 7.27. The quantitative estimate of drug-likeness (QED) is 0.907. The first-order valence-electron chi connectivity index (χ1n) is 7.62. The van der Waals surface area contributed by atoms with E-state index in [0.717, 1.165) is 12.1 Å². The lowest BCUT2D eigenvalue weighted by Crippen LogP contribution is -2.44. The van der Waals surface area contributed by atoms with Crippen molar-refractivity contribution in [3.05, 3.63) is 30.1 Å². The van der Waals surface area contributed by atoms with Crippen molar-refractivity contribution in [2.75, 3.05) is 26.2 Å². The third-order valence-corrected chi connectivity index (χ3v) is 5.52. The third-order valence-electron chi connectivity index (χ3n) is 3.61. The number of carbonyl (C=O) groups is 1. The fraction of sp³-hybridized carbons (Fsp3) is 0.533. The summed E-state index contributed by atoms with van der Waals surface area (Å²) < 4.78 is 39.5. The highest BCUT2D eigenvalue weighted by molar-refractivity contribution is 7.89. The van der Waals surface area contributed by atoms with Gasteiger partial charge in [0, 0.05) is 32.2 Å². The molecule has 1 aliphatic rings. The van der Waals surface area contributed by atoms with Gasteiger partial charge < -0.3 is 10.2 Å². The average Bonchev–Trinajstić information content (AvgIpc) is 2.73. The van der Waals surface area contributed by atoms with E-state index in [2.05, 4.69) is 5.32 Å². The molecule has 1 N–H and O–H groups in total. The summed E-state index contributed by atoms with van der Waals surface area (Å²) in [6.45, 7) is 5.16. The molecule has 0 atom stereocenters. The summed E-state index contributed by atoms with van der Waals surface area (Å²) >= 11 is 0. The predicted octanol–water partition coefficient (Wildman–Crippen LogP) is 1.64. The minimum atomic E-state index is -3.67. The number of hydrogen-bond acceptors (Lipinski definition) is 3. The van der Waals surface area contributed by atoms with E-state index in [-0.39, 0.29) is 23.5 Å². The van der Waals surface area contributed by atoms with Crippen molar-refractivity contribution in [3.63, 3.8) is 0 Å². The molecule has 1 aromatic rings. The van der Waals surface area contributed by atoms with Gasteiger partial charge in [-0.05, 0) is 44.5 Å². The Hall–Kier alpha value is -1.67. The van der Waals surface area contributed by atoms with Crippen LogP contribution in [0.25, 0.3) is 0 Å². The van der Waals surface area contributed by atoms with E-state index in [9.17, 15) is 17.6 Å². The minimum absolute atomic E-state index is 0.0322. The van der Waals surface area contributed by atoms with Gasteiger partial charge >= 0.3 is 6.03 Å². The second-order valence-corrected chi connectivity index (χ2v) is 7.74. The van der Waals surface area contributed by atoms with Crippen LogP contribution in [0.5, 0.6) is 0 Å². The zero-order valence-corrected chi connectivity index (χ0v) is 14.1. The molecule has 0 aliphatic carbocycles. The van der Waals surface area contributed by atoms with E-state index in [4.69, 9.17) is 0 Å². The Morgan fingerprint density at radius 3 is 2.39 bits per heavy atom. The lowest BCUT2D eigenvalue weighted by Gasteiger charge is -2.23. The topological polar surface area (TPSA) is 69.7 Å². The summed E-state index contributed by atoms with van der Waals surface area (Å²) in [4.78, 5) is 13.7. The summed E-state index contributed by atoms with van der Waals surface area (Å²) in [5.41, 5.74) is 0. The van der Waals surface area contributed by atoms with Crippen molar-refractivity contribution < 1.29 is 17.6 Å². The summed E-state index contributed by atoms with van der Waals surface area (Å²) in [7, 11) is -3.67. The van der Waals surface area contributed by atoms with Crippen molar-refractivity contribution in [2.24, 2.45) is 0 Å². The van der Waals surface area contributed by atoms with E-state index in [0.29, 0.717) is 26.1 Å². The number of nitrogens with one attached hydrogen (secondary N) is 1. The largest absolute Gasteiger partial charge is 0.336 e. The van der Waals surface area contributed by atoms with Crippen LogP contribution in [0.15, 0.2) is 29.2 Å². The van der Waals surface area contributed by atoms with Gasteiger partial charge in [0.25, 0.3) is 0 Å². The Bertz CT molecular complexity index is 646. The van der Waals surface area contributed by atoms with Crippen LogP contribution in [0, 0.1) is 5.82 Å². The number of rotatable bonds is 3. The molecular formula is C15H22FN3O3S. The molecule has 1 fully saturated rings. The zero-order chi connectivity index (χ0) is 17.0. The van der Waals surface area contributed by atoms with Crippen LogP contribution in [0.1, 0.15) is 20.3 Å². The first kappa shape index (κ1) is 17.7. The van der Waals surface area contributed by atoms with Crippen molar-refractivity contribution >= 4 is 16.1 Å². The molecule has 8 heteroatoms. The SMILES string of the molecule is CC(C)NC(=O)N1CCCN(S(=O)(=O)c2ccc(F)cc2)CC1. The van der Waals surface area contributed by atoms with Crippen LogP contribution in [-0.2, 0) is 10.0 Å². The number of urea groups is 1. The van der Waals surface area contributed by atoms with Crippen molar-refractivity contribution in [2.45, 2.75) is 31.2 Å². The predicted molar refractivity (Wildman–Crippen MR) is 85.0 cm³/mol. The molecule has 2 rings (SSSR count). The number of hydrogen-bond donors (Lipinski definition) is 1. The van der Waals surface area contributed by atoms with Crippen LogP contribution in [0.3, 0.4) is 0 Å². The molecule has 0 spiro atoms. The Labute approximate surface area is 136 Å². The van der Waals surface area contributed by atoms with Crippen molar-refractivity contribution in [3.8, 4) is 0 Å². The fourth-order valence-electron chi connectivity index (χ4n) is 2.43. The number of halogens is 1. The van der Waals surface area contributed by atoms with E-state index in [1.807, 2.05) is 13.8 Å². The van der Waals surface area contributed by atoms with Gasteiger partial charge in [0.2, 0.25) is 10.0 Å². The number of sulfonamides is 1. The van der Waals surface area contributed by atoms with Crippen molar-refractivity contribution in [1.82, 2.24) is 14.5 Å². The van der Waals surface area contributed by atoms with Gasteiger partial charge in [-0.25, -0.2) is 17.6 Å². The van der Waals surface area contributed by atoms with Gasteiger partial charge in [-0.3, -0.25) is 0 Å². The van der Waals surface area contributed by atoms with Crippen LogP contribution in [0.2, 0.25) is 0 Å². The Morgan fingerprint density at radius 1 is 1.13 bits per heavy atom. The van der Waals surface area contributed by atoms with Gasteiger partial charge in [-0.15, -0.1) is 0 Å². The fourth-order valence-corrected chi connectivity index (χ4v) is 3.90. The number of nitrogens with zero attached hydrogens (tertiary/aromatic N) is 2. The highest BCUT2D eigenvalue weighted by atomic mass is 32.2. The molecule has 0 radical (unpaired) electrons. The average molecular weight is 343 g/mol. The Balaban J connectivity index is 2.07. The molecule has 1 heterocycles. The first-order valence-corrected chi connectivity index (χ1v) is 9.06. The molecule has 1 aliphatic heterocycles. The lowest BCUT2D eigenvalue weighted by molar-refractivity contribution is 0.198. The molecule has 0 saturated carbocycles. The smallest absolute Gasteiger partial charge is 0.317 e. The minimum Gasteiger partial charge on any atom is -0.336 e. The monoisotopic (exact) mass is 343 g/mol. The molecule has 0 unspecified atom stereocenters. The number of amides is 2. The summed E-state index contributed by atoms with van der Waals surface area (Å²) in [5, 5.41) is 2.81. The van der Waals surface area contributed by atoms with E-state index in [1.54, 1.807) is 4.90 Å². The van der Waals surface area contributed by atoms with Gasteiger partial charge in [0.15, 0.2) is 0 Å². The van der Waals surface area contributed by atoms with Gasteiger partial charge in [0.1, 0.15) is 5.82 Å². The van der Waals surface area contributed by atoms with Gasteiger partial charge in [-0.1, -0.05) is 0 Å². The van der Waals surface area contributed by atoms with Gasteiger partial charge in [-0.2, -0.15) is 4.31 Å². The highest BCUT2D eigenvalue weighted by Gasteiger charge is 2.28. The van der Waals surface area contributed by atoms with Gasteiger partial charge in [0.05, 0.1) is 4.90 Å². The molecule has 0 aromatic heterocycles. The maximum absolute atomic E-state index is 13.0.